The number of piperidine rings is 1. The number of carbonyl (C=O) groups is 2. The van der Waals surface area contributed by atoms with Gasteiger partial charge in [-0.15, -0.1) is 13.2 Å². The number of carboxylic acid groups (broad SMARTS) is 1. The van der Waals surface area contributed by atoms with Crippen molar-refractivity contribution in [2.24, 2.45) is 5.92 Å². The highest BCUT2D eigenvalue weighted by atomic mass is 19.4. The van der Waals surface area contributed by atoms with E-state index in [0.717, 1.165) is 17.0 Å². The lowest BCUT2D eigenvalue weighted by molar-refractivity contribution is -0.274. The Labute approximate surface area is 139 Å². The van der Waals surface area contributed by atoms with E-state index in [0.29, 0.717) is 6.07 Å². The summed E-state index contributed by atoms with van der Waals surface area (Å²) in [6, 6.07) is 2.74. The minimum Gasteiger partial charge on any atom is -0.478 e. The highest BCUT2D eigenvalue weighted by molar-refractivity contribution is 6.04. The van der Waals surface area contributed by atoms with Crippen molar-refractivity contribution in [3.8, 4) is 5.75 Å². The molecule has 3 rings (SSSR count). The number of fused-ring (bicyclic) bond motifs is 1. The Morgan fingerprint density at radius 1 is 1.40 bits per heavy atom. The van der Waals surface area contributed by atoms with E-state index in [2.05, 4.69) is 10.1 Å². The summed E-state index contributed by atoms with van der Waals surface area (Å²) < 4.78 is 56.8. The number of carboxylic acids is 1. The first-order chi connectivity index (χ1) is 11.6. The Bertz CT molecular complexity index is 724. The van der Waals surface area contributed by atoms with Gasteiger partial charge in [-0.3, -0.25) is 4.79 Å². The van der Waals surface area contributed by atoms with E-state index < -0.39 is 41.1 Å². The number of alkyl halides is 4. The summed E-state index contributed by atoms with van der Waals surface area (Å²) >= 11 is 0. The van der Waals surface area contributed by atoms with E-state index >= 15 is 0 Å². The second-order valence-electron chi connectivity index (χ2n) is 5.96. The average Bonchev–Trinajstić information content (AvgIpc) is 2.78. The molecule has 136 valence electrons. The topological polar surface area (TPSA) is 78.9 Å². The molecule has 25 heavy (non-hydrogen) atoms. The summed E-state index contributed by atoms with van der Waals surface area (Å²) in [5.74, 6) is -3.94. The Morgan fingerprint density at radius 3 is 2.72 bits per heavy atom. The molecule has 2 N–H and O–H groups in total. The van der Waals surface area contributed by atoms with E-state index in [9.17, 15) is 27.2 Å². The van der Waals surface area contributed by atoms with Crippen molar-refractivity contribution in [2.45, 2.75) is 18.5 Å². The van der Waals surface area contributed by atoms with Crippen LogP contribution in [-0.4, -0.2) is 48.6 Å². The van der Waals surface area contributed by atoms with E-state index in [1.54, 1.807) is 0 Å². The summed E-state index contributed by atoms with van der Waals surface area (Å²) in [4.78, 5) is 24.3. The van der Waals surface area contributed by atoms with Crippen LogP contribution in [0.15, 0.2) is 18.2 Å². The Balaban J connectivity index is 2.01. The zero-order chi connectivity index (χ0) is 18.4. The van der Waals surface area contributed by atoms with Crippen LogP contribution < -0.4 is 15.0 Å². The second kappa shape index (κ2) is 5.87. The number of ether oxygens (including phenoxy) is 1. The van der Waals surface area contributed by atoms with Gasteiger partial charge in [-0.05, 0) is 24.7 Å². The molecule has 2 aliphatic heterocycles. The second-order valence-corrected chi connectivity index (χ2v) is 5.96. The zero-order valence-electron chi connectivity index (χ0n) is 12.8. The fourth-order valence-corrected chi connectivity index (χ4v) is 3.22. The van der Waals surface area contributed by atoms with Gasteiger partial charge >= 0.3 is 12.3 Å². The number of amides is 1. The van der Waals surface area contributed by atoms with Gasteiger partial charge in [-0.2, -0.15) is 0 Å². The first kappa shape index (κ1) is 17.5. The van der Waals surface area contributed by atoms with Gasteiger partial charge in [-0.25, -0.2) is 9.18 Å². The van der Waals surface area contributed by atoms with Crippen molar-refractivity contribution in [1.82, 2.24) is 5.32 Å². The lowest BCUT2D eigenvalue weighted by Crippen LogP contribution is -2.49. The maximum atomic E-state index is 15.0. The van der Waals surface area contributed by atoms with Crippen molar-refractivity contribution in [2.75, 3.05) is 24.5 Å². The summed E-state index contributed by atoms with van der Waals surface area (Å²) in [5, 5.41) is 11.9. The molecule has 2 aliphatic rings. The van der Waals surface area contributed by atoms with Gasteiger partial charge in [0.05, 0.1) is 11.3 Å². The van der Waals surface area contributed by atoms with Gasteiger partial charge in [0.25, 0.3) is 5.91 Å². The van der Waals surface area contributed by atoms with Crippen molar-refractivity contribution >= 4 is 17.6 Å². The van der Waals surface area contributed by atoms with Crippen LogP contribution in [0.5, 0.6) is 5.75 Å². The number of aromatic carboxylic acids is 1. The van der Waals surface area contributed by atoms with Crippen LogP contribution in [0.1, 0.15) is 16.8 Å². The predicted octanol–water partition coefficient (Wildman–Crippen LogP) is 1.95. The third-order valence-corrected chi connectivity index (χ3v) is 4.43. The molecule has 2 unspecified atom stereocenters. The molecule has 10 heteroatoms. The molecule has 1 aromatic carbocycles. The van der Waals surface area contributed by atoms with E-state index in [1.165, 1.54) is 0 Å². The number of carbonyl (C=O) groups excluding carboxylic acids is 1. The molecule has 0 radical (unpaired) electrons. The third kappa shape index (κ3) is 3.13. The molecule has 1 amide bonds. The standard InChI is InChI=1S/C15H14F4N2O4/c16-14-3-4-20-6-9(14)7-21(13(14)24)10-2-1-8(12(22)23)5-11(10)25-15(17,18)19/h1-2,5,9,20H,3-4,6-7H2,(H,22,23). The fraction of sp³-hybridized carbons (Fsp3) is 0.467. The highest BCUT2D eigenvalue weighted by Crippen LogP contribution is 2.43. The summed E-state index contributed by atoms with van der Waals surface area (Å²) in [6.07, 6.45) is -5.16. The van der Waals surface area contributed by atoms with Crippen LogP contribution >= 0.6 is 0 Å². The number of anilines is 1. The van der Waals surface area contributed by atoms with E-state index in [-0.39, 0.29) is 31.7 Å². The van der Waals surface area contributed by atoms with E-state index in [1.807, 2.05) is 0 Å². The quantitative estimate of drug-likeness (QED) is 0.804. The molecule has 6 nitrogen and oxygen atoms in total. The molecule has 2 fully saturated rings. The van der Waals surface area contributed by atoms with Crippen molar-refractivity contribution in [3.05, 3.63) is 23.8 Å². The number of nitrogens with zero attached hydrogens (tertiary/aromatic N) is 1. The van der Waals surface area contributed by atoms with Gasteiger partial charge < -0.3 is 20.1 Å². The minimum absolute atomic E-state index is 0.0737. The van der Waals surface area contributed by atoms with Gasteiger partial charge in [0.1, 0.15) is 0 Å². The largest absolute Gasteiger partial charge is 0.573 e. The fourth-order valence-electron chi connectivity index (χ4n) is 3.22. The van der Waals surface area contributed by atoms with Crippen molar-refractivity contribution < 1.29 is 37.0 Å². The van der Waals surface area contributed by atoms with Gasteiger partial charge in [0.15, 0.2) is 11.4 Å². The Morgan fingerprint density at radius 2 is 2.12 bits per heavy atom. The van der Waals surface area contributed by atoms with Crippen LogP contribution in [0.2, 0.25) is 0 Å². The molecule has 1 aromatic rings. The number of nitrogens with one attached hydrogen (secondary N) is 1. The SMILES string of the molecule is O=C(O)c1ccc(N2CC3CNCCC3(F)C2=O)c(OC(F)(F)F)c1. The van der Waals surface area contributed by atoms with Gasteiger partial charge in [-0.1, -0.05) is 0 Å². The molecule has 2 atom stereocenters. The van der Waals surface area contributed by atoms with Crippen molar-refractivity contribution in [1.29, 1.82) is 0 Å². The van der Waals surface area contributed by atoms with Gasteiger partial charge in [0, 0.05) is 25.4 Å². The molecule has 2 heterocycles. The van der Waals surface area contributed by atoms with Crippen molar-refractivity contribution in [3.63, 3.8) is 0 Å². The Hall–Kier alpha value is -2.36. The third-order valence-electron chi connectivity index (χ3n) is 4.43. The monoisotopic (exact) mass is 362 g/mol. The molecular weight excluding hydrogens is 348 g/mol. The molecular formula is C15H14F4N2O4. The zero-order valence-corrected chi connectivity index (χ0v) is 12.8. The summed E-state index contributed by atoms with van der Waals surface area (Å²) in [6.45, 7) is 0.390. The number of halogens is 4. The first-order valence-electron chi connectivity index (χ1n) is 7.46. The number of rotatable bonds is 3. The smallest absolute Gasteiger partial charge is 0.478 e. The average molecular weight is 362 g/mol. The molecule has 0 saturated carbocycles. The van der Waals surface area contributed by atoms with E-state index in [4.69, 9.17) is 5.11 Å². The number of hydrogen-bond acceptors (Lipinski definition) is 4. The van der Waals surface area contributed by atoms with Crippen LogP contribution in [0.25, 0.3) is 0 Å². The first-order valence-corrected chi connectivity index (χ1v) is 7.46. The number of benzene rings is 1. The Kier molecular flexibility index (Phi) is 4.10. The van der Waals surface area contributed by atoms with Crippen LogP contribution in [0, 0.1) is 5.92 Å². The molecule has 0 aromatic heterocycles. The van der Waals surface area contributed by atoms with Crippen LogP contribution in [0.4, 0.5) is 23.2 Å². The lowest BCUT2D eigenvalue weighted by atomic mass is 9.86. The predicted molar refractivity (Wildman–Crippen MR) is 77.3 cm³/mol. The van der Waals surface area contributed by atoms with Gasteiger partial charge in [0.2, 0.25) is 0 Å². The maximum absolute atomic E-state index is 15.0. The lowest BCUT2D eigenvalue weighted by Gasteiger charge is -2.29. The molecule has 2 saturated heterocycles. The molecule has 0 spiro atoms. The number of hydrogen-bond donors (Lipinski definition) is 2. The van der Waals surface area contributed by atoms with Crippen LogP contribution in [-0.2, 0) is 4.79 Å². The summed E-state index contributed by atoms with van der Waals surface area (Å²) in [7, 11) is 0. The highest BCUT2D eigenvalue weighted by Gasteiger charge is 2.56. The molecule has 0 aliphatic carbocycles. The minimum atomic E-state index is -5.09. The normalized spacial score (nSPS) is 26.5. The molecule has 0 bridgehead atoms. The maximum Gasteiger partial charge on any atom is 0.573 e. The summed E-state index contributed by atoms with van der Waals surface area (Å²) in [5.41, 5.74) is -2.89. The van der Waals surface area contributed by atoms with Crippen LogP contribution in [0.3, 0.4) is 0 Å².